The normalized spacial score (nSPS) is 12.1. The van der Waals surface area contributed by atoms with E-state index >= 15 is 0 Å². The van der Waals surface area contributed by atoms with Crippen molar-refractivity contribution in [3.8, 4) is 0 Å². The number of carbonyl (C=O) groups excluding carboxylic acids is 1. The quantitative estimate of drug-likeness (QED) is 0.719. The highest BCUT2D eigenvalue weighted by Gasteiger charge is 2.07. The van der Waals surface area contributed by atoms with Crippen LogP contribution in [-0.4, -0.2) is 11.9 Å². The van der Waals surface area contributed by atoms with Gasteiger partial charge in [0.2, 0.25) is 5.91 Å². The van der Waals surface area contributed by atoms with E-state index in [4.69, 9.17) is 0 Å². The minimum atomic E-state index is 0.125. The number of amides is 1. The second kappa shape index (κ2) is 7.88. The summed E-state index contributed by atoms with van der Waals surface area (Å²) >= 11 is 0. The van der Waals surface area contributed by atoms with E-state index in [0.717, 1.165) is 12.0 Å². The molecular formula is C15H23NO. The third-order valence-corrected chi connectivity index (χ3v) is 2.86. The number of benzene rings is 1. The number of carbonyl (C=O) groups is 1. The Kier molecular flexibility index (Phi) is 6.38. The van der Waals surface area contributed by atoms with E-state index in [1.807, 2.05) is 30.3 Å². The first-order valence-electron chi connectivity index (χ1n) is 6.55. The average Bonchev–Trinajstić information content (AvgIpc) is 2.30. The van der Waals surface area contributed by atoms with Crippen LogP contribution in [0.3, 0.4) is 0 Å². The summed E-state index contributed by atoms with van der Waals surface area (Å²) in [7, 11) is 0. The minimum Gasteiger partial charge on any atom is -0.353 e. The van der Waals surface area contributed by atoms with Gasteiger partial charge in [0.1, 0.15) is 0 Å². The highest BCUT2D eigenvalue weighted by atomic mass is 16.1. The summed E-state index contributed by atoms with van der Waals surface area (Å²) in [6, 6.07) is 10.2. The monoisotopic (exact) mass is 233 g/mol. The largest absolute Gasteiger partial charge is 0.353 e. The lowest BCUT2D eigenvalue weighted by atomic mass is 10.1. The number of hydrogen-bond donors (Lipinski definition) is 1. The third-order valence-electron chi connectivity index (χ3n) is 2.86. The lowest BCUT2D eigenvalue weighted by Gasteiger charge is -2.13. The van der Waals surface area contributed by atoms with Crippen LogP contribution < -0.4 is 5.32 Å². The van der Waals surface area contributed by atoms with Crippen molar-refractivity contribution in [2.45, 2.75) is 52.0 Å². The van der Waals surface area contributed by atoms with Gasteiger partial charge in [-0.15, -0.1) is 0 Å². The molecule has 0 saturated carbocycles. The van der Waals surface area contributed by atoms with Gasteiger partial charge in [-0.05, 0) is 18.9 Å². The molecule has 0 bridgehead atoms. The molecule has 2 nitrogen and oxygen atoms in total. The zero-order valence-electron chi connectivity index (χ0n) is 10.9. The first kappa shape index (κ1) is 13.8. The Bertz CT molecular complexity index is 321. The highest BCUT2D eigenvalue weighted by molar-refractivity contribution is 5.78. The Morgan fingerprint density at radius 2 is 1.94 bits per heavy atom. The van der Waals surface area contributed by atoms with Crippen molar-refractivity contribution in [2.75, 3.05) is 0 Å². The predicted octanol–water partition coefficient (Wildman–Crippen LogP) is 3.31. The molecule has 17 heavy (non-hydrogen) atoms. The summed E-state index contributed by atoms with van der Waals surface area (Å²) in [6.45, 7) is 4.28. The van der Waals surface area contributed by atoms with Crippen LogP contribution in [-0.2, 0) is 11.2 Å². The summed E-state index contributed by atoms with van der Waals surface area (Å²) in [5.74, 6) is 0.125. The zero-order valence-corrected chi connectivity index (χ0v) is 10.9. The van der Waals surface area contributed by atoms with Crippen LogP contribution >= 0.6 is 0 Å². The molecule has 1 rings (SSSR count). The van der Waals surface area contributed by atoms with Crippen molar-refractivity contribution >= 4 is 5.91 Å². The van der Waals surface area contributed by atoms with Gasteiger partial charge in [0.05, 0.1) is 6.42 Å². The van der Waals surface area contributed by atoms with Crippen molar-refractivity contribution in [1.29, 1.82) is 0 Å². The van der Waals surface area contributed by atoms with E-state index < -0.39 is 0 Å². The highest BCUT2D eigenvalue weighted by Crippen LogP contribution is 2.04. The van der Waals surface area contributed by atoms with Crippen LogP contribution in [0.25, 0.3) is 0 Å². The summed E-state index contributed by atoms with van der Waals surface area (Å²) in [5.41, 5.74) is 1.07. The first-order chi connectivity index (χ1) is 8.22. The van der Waals surface area contributed by atoms with Crippen LogP contribution in [0.15, 0.2) is 30.3 Å². The molecule has 0 aliphatic heterocycles. The predicted molar refractivity (Wildman–Crippen MR) is 71.9 cm³/mol. The molecule has 1 N–H and O–H groups in total. The van der Waals surface area contributed by atoms with Crippen molar-refractivity contribution in [3.63, 3.8) is 0 Å². The molecule has 0 heterocycles. The van der Waals surface area contributed by atoms with Gasteiger partial charge >= 0.3 is 0 Å². The number of unbranched alkanes of at least 4 members (excludes halogenated alkanes) is 2. The maximum Gasteiger partial charge on any atom is 0.224 e. The second-order valence-corrected chi connectivity index (χ2v) is 4.63. The van der Waals surface area contributed by atoms with Gasteiger partial charge in [-0.2, -0.15) is 0 Å². The molecule has 0 radical (unpaired) electrons. The smallest absolute Gasteiger partial charge is 0.224 e. The first-order valence-corrected chi connectivity index (χ1v) is 6.55. The molecular weight excluding hydrogens is 210 g/mol. The van der Waals surface area contributed by atoms with Crippen molar-refractivity contribution in [3.05, 3.63) is 35.9 Å². The van der Waals surface area contributed by atoms with Crippen LogP contribution in [0, 0.1) is 0 Å². The van der Waals surface area contributed by atoms with Gasteiger partial charge < -0.3 is 5.32 Å². The van der Waals surface area contributed by atoms with E-state index in [1.165, 1.54) is 19.3 Å². The molecule has 0 aromatic heterocycles. The molecule has 0 fully saturated rings. The number of hydrogen-bond acceptors (Lipinski definition) is 1. The molecule has 2 heteroatoms. The fraction of sp³-hybridized carbons (Fsp3) is 0.533. The summed E-state index contributed by atoms with van der Waals surface area (Å²) in [4.78, 5) is 11.7. The summed E-state index contributed by atoms with van der Waals surface area (Å²) in [5, 5.41) is 3.05. The molecule has 1 amide bonds. The average molecular weight is 233 g/mol. The van der Waals surface area contributed by atoms with Crippen molar-refractivity contribution in [1.82, 2.24) is 5.32 Å². The topological polar surface area (TPSA) is 29.1 Å². The third kappa shape index (κ3) is 6.10. The lowest BCUT2D eigenvalue weighted by Crippen LogP contribution is -2.33. The Balaban J connectivity index is 2.25. The fourth-order valence-electron chi connectivity index (χ4n) is 1.88. The fourth-order valence-corrected chi connectivity index (χ4v) is 1.88. The molecule has 0 saturated heterocycles. The molecule has 0 aliphatic rings. The number of nitrogens with one attached hydrogen (secondary N) is 1. The van der Waals surface area contributed by atoms with Gasteiger partial charge in [-0.3, -0.25) is 4.79 Å². The Hall–Kier alpha value is -1.31. The van der Waals surface area contributed by atoms with Gasteiger partial charge in [0.15, 0.2) is 0 Å². The van der Waals surface area contributed by atoms with E-state index in [1.54, 1.807) is 0 Å². The molecule has 0 unspecified atom stereocenters. The zero-order chi connectivity index (χ0) is 12.5. The molecule has 0 spiro atoms. The van der Waals surface area contributed by atoms with Crippen LogP contribution in [0.2, 0.25) is 0 Å². The molecule has 0 aliphatic carbocycles. The lowest BCUT2D eigenvalue weighted by molar-refractivity contribution is -0.121. The molecule has 1 aromatic carbocycles. The van der Waals surface area contributed by atoms with Crippen molar-refractivity contribution < 1.29 is 4.79 Å². The second-order valence-electron chi connectivity index (χ2n) is 4.63. The van der Waals surface area contributed by atoms with E-state index in [9.17, 15) is 4.79 Å². The number of rotatable bonds is 7. The van der Waals surface area contributed by atoms with Gasteiger partial charge in [-0.1, -0.05) is 56.5 Å². The molecule has 1 aromatic rings. The van der Waals surface area contributed by atoms with Crippen LogP contribution in [0.4, 0.5) is 0 Å². The van der Waals surface area contributed by atoms with Gasteiger partial charge in [0, 0.05) is 6.04 Å². The molecule has 94 valence electrons. The van der Waals surface area contributed by atoms with E-state index in [0.29, 0.717) is 6.42 Å². The van der Waals surface area contributed by atoms with E-state index in [-0.39, 0.29) is 11.9 Å². The summed E-state index contributed by atoms with van der Waals surface area (Å²) in [6.07, 6.45) is 5.24. The standard InChI is InChI=1S/C15H23NO/c1-3-4-6-9-13(2)16-15(17)12-14-10-7-5-8-11-14/h5,7-8,10-11,13H,3-4,6,9,12H2,1-2H3,(H,16,17)/t13-/m0/s1. The van der Waals surface area contributed by atoms with E-state index in [2.05, 4.69) is 19.2 Å². The summed E-state index contributed by atoms with van der Waals surface area (Å²) < 4.78 is 0. The molecule has 1 atom stereocenters. The maximum atomic E-state index is 11.7. The SMILES string of the molecule is CCCCC[C@H](C)NC(=O)Cc1ccccc1. The van der Waals surface area contributed by atoms with Crippen LogP contribution in [0.1, 0.15) is 45.1 Å². The Morgan fingerprint density at radius 1 is 1.24 bits per heavy atom. The van der Waals surface area contributed by atoms with Gasteiger partial charge in [-0.25, -0.2) is 0 Å². The Labute approximate surface area is 104 Å². The Morgan fingerprint density at radius 3 is 2.59 bits per heavy atom. The maximum absolute atomic E-state index is 11.7. The minimum absolute atomic E-state index is 0.125. The van der Waals surface area contributed by atoms with Crippen LogP contribution in [0.5, 0.6) is 0 Å². The van der Waals surface area contributed by atoms with Crippen molar-refractivity contribution in [2.24, 2.45) is 0 Å². The van der Waals surface area contributed by atoms with Gasteiger partial charge in [0.25, 0.3) is 0 Å².